The lowest BCUT2D eigenvalue weighted by atomic mass is 9.76. The molecular weight excluding hydrogens is 274 g/mol. The summed E-state index contributed by atoms with van der Waals surface area (Å²) >= 11 is 0. The van der Waals surface area contributed by atoms with E-state index in [1.54, 1.807) is 0 Å². The predicted molar refractivity (Wildman–Crippen MR) is 81.5 cm³/mol. The minimum Gasteiger partial charge on any atom is -0.377 e. The van der Waals surface area contributed by atoms with Crippen LogP contribution in [0.25, 0.3) is 0 Å². The van der Waals surface area contributed by atoms with Gasteiger partial charge in [-0.1, -0.05) is 13.8 Å². The van der Waals surface area contributed by atoms with E-state index in [0.29, 0.717) is 11.8 Å². The summed E-state index contributed by atoms with van der Waals surface area (Å²) in [5, 5.41) is 3.54. The van der Waals surface area contributed by atoms with Crippen molar-refractivity contribution in [2.75, 3.05) is 31.7 Å². The number of nitrogens with one attached hydrogen (secondary N) is 1. The molecule has 20 heavy (non-hydrogen) atoms. The number of hydrogen-bond donors (Lipinski definition) is 1. The molecule has 0 aromatic rings. The van der Waals surface area contributed by atoms with Gasteiger partial charge in [-0.15, -0.1) is 0 Å². The average Bonchev–Trinajstić information content (AvgIpc) is 3.08. The van der Waals surface area contributed by atoms with Crippen LogP contribution < -0.4 is 5.32 Å². The highest BCUT2D eigenvalue weighted by Gasteiger charge is 2.50. The van der Waals surface area contributed by atoms with Crippen molar-refractivity contribution in [3.8, 4) is 0 Å². The highest BCUT2D eigenvalue weighted by molar-refractivity contribution is 7.90. The molecule has 1 aliphatic heterocycles. The molecule has 1 saturated heterocycles. The molecule has 1 N–H and O–H groups in total. The molecule has 2 rings (SSSR count). The largest absolute Gasteiger partial charge is 0.377 e. The summed E-state index contributed by atoms with van der Waals surface area (Å²) in [5.41, 5.74) is 0.0269. The van der Waals surface area contributed by atoms with Gasteiger partial charge in [-0.05, 0) is 44.1 Å². The first kappa shape index (κ1) is 16.2. The van der Waals surface area contributed by atoms with Crippen LogP contribution in [0.1, 0.15) is 39.5 Å². The zero-order valence-corrected chi connectivity index (χ0v) is 13.8. The molecule has 1 saturated carbocycles. The van der Waals surface area contributed by atoms with Gasteiger partial charge in [0.1, 0.15) is 9.84 Å². The van der Waals surface area contributed by atoms with E-state index in [4.69, 9.17) is 4.74 Å². The quantitative estimate of drug-likeness (QED) is 0.743. The summed E-state index contributed by atoms with van der Waals surface area (Å²) in [7, 11) is -2.90. The van der Waals surface area contributed by atoms with Crippen LogP contribution >= 0.6 is 0 Å². The molecule has 1 aliphatic carbocycles. The van der Waals surface area contributed by atoms with E-state index in [2.05, 4.69) is 19.2 Å². The second kappa shape index (κ2) is 6.32. The summed E-state index contributed by atoms with van der Waals surface area (Å²) in [6.07, 6.45) is 5.83. The molecule has 2 fully saturated rings. The zero-order chi connectivity index (χ0) is 14.8. The van der Waals surface area contributed by atoms with Crippen molar-refractivity contribution in [1.82, 2.24) is 5.32 Å². The maximum Gasteiger partial charge on any atom is 0.147 e. The Morgan fingerprint density at radius 1 is 1.35 bits per heavy atom. The van der Waals surface area contributed by atoms with E-state index in [1.807, 2.05) is 0 Å². The zero-order valence-electron chi connectivity index (χ0n) is 13.0. The third-order valence-corrected chi connectivity index (χ3v) is 5.50. The van der Waals surface area contributed by atoms with Gasteiger partial charge in [-0.2, -0.15) is 0 Å². The van der Waals surface area contributed by atoms with Gasteiger partial charge in [-0.25, -0.2) is 8.42 Å². The van der Waals surface area contributed by atoms with Gasteiger partial charge < -0.3 is 10.1 Å². The van der Waals surface area contributed by atoms with Crippen molar-refractivity contribution in [3.05, 3.63) is 0 Å². The van der Waals surface area contributed by atoms with Crippen molar-refractivity contribution in [3.63, 3.8) is 0 Å². The first-order valence-corrected chi connectivity index (χ1v) is 9.88. The Balaban J connectivity index is 2.01. The van der Waals surface area contributed by atoms with Crippen LogP contribution in [-0.2, 0) is 14.6 Å². The van der Waals surface area contributed by atoms with Gasteiger partial charge in [0.05, 0.1) is 11.9 Å². The molecule has 118 valence electrons. The maximum atomic E-state index is 11.5. The molecule has 2 atom stereocenters. The molecule has 2 unspecified atom stereocenters. The summed E-state index contributed by atoms with van der Waals surface area (Å²) in [5.74, 6) is 1.56. The molecule has 2 aliphatic rings. The Bertz CT molecular complexity index is 417. The first-order valence-electron chi connectivity index (χ1n) is 7.82. The highest BCUT2D eigenvalue weighted by atomic mass is 32.2. The number of sulfone groups is 1. The Kier molecular flexibility index (Phi) is 5.14. The first-order chi connectivity index (χ1) is 9.32. The third kappa shape index (κ3) is 4.43. The lowest BCUT2D eigenvalue weighted by Crippen LogP contribution is -2.44. The van der Waals surface area contributed by atoms with Crippen LogP contribution in [0.2, 0.25) is 0 Å². The lowest BCUT2D eigenvalue weighted by Gasteiger charge is -2.35. The van der Waals surface area contributed by atoms with Crippen LogP contribution in [0.4, 0.5) is 0 Å². The fourth-order valence-electron chi connectivity index (χ4n) is 3.29. The number of ether oxygens (including phenoxy) is 1. The fourth-order valence-corrected chi connectivity index (χ4v) is 4.06. The summed E-state index contributed by atoms with van der Waals surface area (Å²) in [4.78, 5) is 0. The second-order valence-electron chi connectivity index (χ2n) is 7.15. The van der Waals surface area contributed by atoms with E-state index in [0.717, 1.165) is 32.5 Å². The molecule has 1 heterocycles. The van der Waals surface area contributed by atoms with E-state index < -0.39 is 9.84 Å². The van der Waals surface area contributed by atoms with Crippen LogP contribution in [0.5, 0.6) is 0 Å². The van der Waals surface area contributed by atoms with Gasteiger partial charge in [0.2, 0.25) is 0 Å². The van der Waals surface area contributed by atoms with Crippen LogP contribution in [-0.4, -0.2) is 46.2 Å². The summed E-state index contributed by atoms with van der Waals surface area (Å²) < 4.78 is 29.1. The monoisotopic (exact) mass is 303 g/mol. The van der Waals surface area contributed by atoms with E-state index in [9.17, 15) is 8.42 Å². The van der Waals surface area contributed by atoms with E-state index in [1.165, 1.54) is 19.1 Å². The summed E-state index contributed by atoms with van der Waals surface area (Å²) in [6.45, 7) is 7.05. The smallest absolute Gasteiger partial charge is 0.147 e. The topological polar surface area (TPSA) is 55.4 Å². The second-order valence-corrected chi connectivity index (χ2v) is 9.41. The molecule has 0 aromatic carbocycles. The molecule has 0 spiro atoms. The molecule has 0 radical (unpaired) electrons. The maximum absolute atomic E-state index is 11.5. The molecular formula is C15H29NO3S. The van der Waals surface area contributed by atoms with Gasteiger partial charge in [0.15, 0.2) is 0 Å². The fraction of sp³-hybridized carbons (Fsp3) is 1.00. The molecule has 0 bridgehead atoms. The van der Waals surface area contributed by atoms with Crippen LogP contribution in [0, 0.1) is 17.3 Å². The van der Waals surface area contributed by atoms with Crippen molar-refractivity contribution >= 4 is 9.84 Å². The Morgan fingerprint density at radius 2 is 2.05 bits per heavy atom. The van der Waals surface area contributed by atoms with E-state index in [-0.39, 0.29) is 17.3 Å². The van der Waals surface area contributed by atoms with Crippen LogP contribution in [0.15, 0.2) is 0 Å². The lowest BCUT2D eigenvalue weighted by molar-refractivity contribution is 0.0289. The predicted octanol–water partition coefficient (Wildman–Crippen LogP) is 1.85. The molecule has 0 amide bonds. The number of rotatable bonds is 8. The standard InChI is InChI=1S/C15H29NO3S/c1-12(2)10-16-11-15(7-9-20(3,17)18)6-8-19-14(15)13-4-5-13/h12-14,16H,4-11H2,1-3H3. The van der Waals surface area contributed by atoms with E-state index >= 15 is 0 Å². The van der Waals surface area contributed by atoms with Crippen molar-refractivity contribution in [2.45, 2.75) is 45.6 Å². The Hall–Kier alpha value is -0.130. The molecule has 5 heteroatoms. The Labute approximate surface area is 123 Å². The Morgan fingerprint density at radius 3 is 2.60 bits per heavy atom. The SMILES string of the molecule is CC(C)CNCC1(CCS(C)(=O)=O)CCOC1C1CC1. The minimum atomic E-state index is -2.90. The van der Waals surface area contributed by atoms with Crippen molar-refractivity contribution in [1.29, 1.82) is 0 Å². The van der Waals surface area contributed by atoms with Crippen molar-refractivity contribution in [2.24, 2.45) is 17.3 Å². The normalized spacial score (nSPS) is 31.1. The average molecular weight is 303 g/mol. The third-order valence-electron chi connectivity index (χ3n) is 4.55. The molecule has 4 nitrogen and oxygen atoms in total. The van der Waals surface area contributed by atoms with Crippen molar-refractivity contribution < 1.29 is 13.2 Å². The highest BCUT2D eigenvalue weighted by Crippen LogP contribution is 2.49. The van der Waals surface area contributed by atoms with Gasteiger partial charge in [0, 0.05) is 24.8 Å². The van der Waals surface area contributed by atoms with Gasteiger partial charge in [0.25, 0.3) is 0 Å². The van der Waals surface area contributed by atoms with Crippen LogP contribution in [0.3, 0.4) is 0 Å². The molecule has 0 aromatic heterocycles. The summed E-state index contributed by atoms with van der Waals surface area (Å²) in [6, 6.07) is 0. The number of hydrogen-bond acceptors (Lipinski definition) is 4. The van der Waals surface area contributed by atoms with Gasteiger partial charge >= 0.3 is 0 Å². The van der Waals surface area contributed by atoms with Gasteiger partial charge in [-0.3, -0.25) is 0 Å². The minimum absolute atomic E-state index is 0.0269.